The monoisotopic (exact) mass is 264 g/mol. The van der Waals surface area contributed by atoms with Crippen molar-refractivity contribution >= 4 is 11.8 Å². The maximum Gasteiger partial charge on any atom is 0.303 e. The third-order valence-corrected chi connectivity index (χ3v) is 6.00. The van der Waals surface area contributed by atoms with E-state index in [4.69, 9.17) is 0 Å². The van der Waals surface area contributed by atoms with Gasteiger partial charge in [-0.2, -0.15) is 0 Å². The first-order valence-corrected chi connectivity index (χ1v) is 7.13. The molecule has 0 aromatic heterocycles. The van der Waals surface area contributed by atoms with E-state index in [9.17, 15) is 14.7 Å². The van der Waals surface area contributed by atoms with Crippen LogP contribution in [-0.2, 0) is 9.59 Å². The van der Waals surface area contributed by atoms with Gasteiger partial charge in [-0.25, -0.2) is 0 Å². The van der Waals surface area contributed by atoms with Crippen LogP contribution in [0.5, 0.6) is 0 Å². The summed E-state index contributed by atoms with van der Waals surface area (Å²) in [7, 11) is 0. The topological polar surface area (TPSA) is 54.4 Å². The Hall–Kier alpha value is -1.12. The summed E-state index contributed by atoms with van der Waals surface area (Å²) in [4.78, 5) is 23.2. The van der Waals surface area contributed by atoms with Gasteiger partial charge in [0.05, 0.1) is 6.42 Å². The molecule has 3 nitrogen and oxygen atoms in total. The fourth-order valence-corrected chi connectivity index (χ4v) is 4.31. The molecule has 0 spiro atoms. The van der Waals surface area contributed by atoms with Crippen LogP contribution in [-0.4, -0.2) is 16.9 Å². The van der Waals surface area contributed by atoms with Gasteiger partial charge in [0.1, 0.15) is 0 Å². The number of hydrogen-bond acceptors (Lipinski definition) is 2. The van der Waals surface area contributed by atoms with Gasteiger partial charge in [-0.3, -0.25) is 9.59 Å². The number of allylic oxidation sites excluding steroid dienone is 2. The van der Waals surface area contributed by atoms with E-state index in [-0.39, 0.29) is 29.0 Å². The summed E-state index contributed by atoms with van der Waals surface area (Å²) < 4.78 is 0. The van der Waals surface area contributed by atoms with Crippen LogP contribution in [0.15, 0.2) is 11.6 Å². The molecule has 0 amide bonds. The second-order valence-electron chi connectivity index (χ2n) is 6.98. The van der Waals surface area contributed by atoms with Crippen LogP contribution in [0, 0.1) is 22.7 Å². The maximum absolute atomic E-state index is 11.9. The maximum atomic E-state index is 11.9. The van der Waals surface area contributed by atoms with Gasteiger partial charge in [0, 0.05) is 6.42 Å². The fraction of sp³-hybridized carbons (Fsp3) is 0.750. The van der Waals surface area contributed by atoms with Gasteiger partial charge >= 0.3 is 5.97 Å². The first-order valence-electron chi connectivity index (χ1n) is 7.13. The Bertz CT molecular complexity index is 451. The highest BCUT2D eigenvalue weighted by Gasteiger charge is 2.55. The number of aliphatic carboxylic acids is 1. The van der Waals surface area contributed by atoms with E-state index in [1.54, 1.807) is 6.08 Å². The van der Waals surface area contributed by atoms with Crippen molar-refractivity contribution in [2.75, 3.05) is 0 Å². The average Bonchev–Trinajstić information content (AvgIpc) is 2.28. The zero-order valence-electron chi connectivity index (χ0n) is 12.3. The summed E-state index contributed by atoms with van der Waals surface area (Å²) in [5, 5.41) is 9.26. The summed E-state index contributed by atoms with van der Waals surface area (Å²) >= 11 is 0. The van der Waals surface area contributed by atoms with E-state index >= 15 is 0 Å². The zero-order chi connectivity index (χ0) is 14.4. The number of ketones is 1. The summed E-state index contributed by atoms with van der Waals surface area (Å²) in [6, 6.07) is 0. The van der Waals surface area contributed by atoms with Gasteiger partial charge in [-0.05, 0) is 48.5 Å². The smallest absolute Gasteiger partial charge is 0.303 e. The number of carboxylic acids is 1. The van der Waals surface area contributed by atoms with E-state index in [2.05, 4.69) is 20.8 Å². The van der Waals surface area contributed by atoms with E-state index in [1.807, 2.05) is 6.92 Å². The Morgan fingerprint density at radius 2 is 2.11 bits per heavy atom. The molecule has 0 unspecified atom stereocenters. The lowest BCUT2D eigenvalue weighted by Crippen LogP contribution is -2.51. The highest BCUT2D eigenvalue weighted by molar-refractivity contribution is 5.92. The Morgan fingerprint density at radius 1 is 1.47 bits per heavy atom. The van der Waals surface area contributed by atoms with Crippen LogP contribution in [0.4, 0.5) is 0 Å². The van der Waals surface area contributed by atoms with E-state index in [0.717, 1.165) is 18.4 Å². The molecular weight excluding hydrogens is 240 g/mol. The molecule has 4 atom stereocenters. The lowest BCUT2D eigenvalue weighted by atomic mass is 9.47. The Labute approximate surface area is 115 Å². The van der Waals surface area contributed by atoms with Gasteiger partial charge in [0.2, 0.25) is 0 Å². The summed E-state index contributed by atoms with van der Waals surface area (Å²) in [6.45, 7) is 8.45. The lowest BCUT2D eigenvalue weighted by Gasteiger charge is -2.57. The number of rotatable bonds is 2. The summed E-state index contributed by atoms with van der Waals surface area (Å²) in [5.41, 5.74) is 0.839. The van der Waals surface area contributed by atoms with Crippen molar-refractivity contribution in [3.8, 4) is 0 Å². The van der Waals surface area contributed by atoms with E-state index in [1.165, 1.54) is 0 Å². The summed E-state index contributed by atoms with van der Waals surface area (Å²) in [6.07, 6.45) is 4.53. The van der Waals surface area contributed by atoms with Crippen LogP contribution in [0.1, 0.15) is 53.4 Å². The van der Waals surface area contributed by atoms with Crippen molar-refractivity contribution in [3.05, 3.63) is 11.6 Å². The van der Waals surface area contributed by atoms with E-state index in [0.29, 0.717) is 12.3 Å². The van der Waals surface area contributed by atoms with Crippen molar-refractivity contribution in [3.63, 3.8) is 0 Å². The molecule has 0 saturated heterocycles. The number of carboxylic acid groups (broad SMARTS) is 1. The Kier molecular flexibility index (Phi) is 3.36. The molecule has 2 rings (SSSR count). The molecule has 0 heterocycles. The molecule has 2 aliphatic carbocycles. The summed E-state index contributed by atoms with van der Waals surface area (Å²) in [5.74, 6) is -0.0957. The van der Waals surface area contributed by atoms with Crippen LogP contribution < -0.4 is 0 Å². The highest BCUT2D eigenvalue weighted by Crippen LogP contribution is 2.60. The van der Waals surface area contributed by atoms with Crippen molar-refractivity contribution in [2.45, 2.75) is 53.4 Å². The lowest BCUT2D eigenvalue weighted by molar-refractivity contribution is -0.147. The molecule has 1 fully saturated rings. The third kappa shape index (κ3) is 2.13. The molecule has 1 N–H and O–H groups in total. The van der Waals surface area contributed by atoms with Crippen LogP contribution >= 0.6 is 0 Å². The van der Waals surface area contributed by atoms with Gasteiger partial charge in [0.15, 0.2) is 5.78 Å². The molecule has 0 aliphatic heterocycles. The van der Waals surface area contributed by atoms with Crippen molar-refractivity contribution in [1.29, 1.82) is 0 Å². The quantitative estimate of drug-likeness (QED) is 0.831. The Balaban J connectivity index is 2.46. The molecule has 0 aromatic carbocycles. The molecule has 106 valence electrons. The normalized spacial score (nSPS) is 42.5. The third-order valence-electron chi connectivity index (χ3n) is 6.00. The average molecular weight is 264 g/mol. The van der Waals surface area contributed by atoms with Crippen molar-refractivity contribution in [1.82, 2.24) is 0 Å². The fourth-order valence-electron chi connectivity index (χ4n) is 4.31. The Morgan fingerprint density at radius 3 is 2.68 bits per heavy atom. The molecule has 2 aliphatic rings. The molecule has 19 heavy (non-hydrogen) atoms. The van der Waals surface area contributed by atoms with Gasteiger partial charge < -0.3 is 5.11 Å². The van der Waals surface area contributed by atoms with Gasteiger partial charge in [-0.15, -0.1) is 0 Å². The molecule has 3 heteroatoms. The van der Waals surface area contributed by atoms with Gasteiger partial charge in [-0.1, -0.05) is 26.3 Å². The second-order valence-corrected chi connectivity index (χ2v) is 6.98. The highest BCUT2D eigenvalue weighted by atomic mass is 16.4. The molecule has 1 saturated carbocycles. The number of hydrogen-bond donors (Lipinski definition) is 1. The number of carbonyl (C=O) groups is 2. The second kappa shape index (κ2) is 4.46. The predicted molar refractivity (Wildman–Crippen MR) is 73.7 cm³/mol. The van der Waals surface area contributed by atoms with Gasteiger partial charge in [0.25, 0.3) is 0 Å². The largest absolute Gasteiger partial charge is 0.481 e. The van der Waals surface area contributed by atoms with Crippen molar-refractivity contribution < 1.29 is 14.7 Å². The first kappa shape index (κ1) is 14.3. The minimum atomic E-state index is -0.752. The number of carbonyl (C=O) groups excluding carboxylic acids is 1. The zero-order valence-corrected chi connectivity index (χ0v) is 12.3. The molecule has 0 bridgehead atoms. The van der Waals surface area contributed by atoms with Crippen LogP contribution in [0.3, 0.4) is 0 Å². The molecular formula is C16H24O3. The number of fused-ring (bicyclic) bond motifs is 1. The first-order chi connectivity index (χ1) is 8.70. The SMILES string of the molecule is CC1=CC(=O)C[C@H]2[C@](C)(CC(=O)O)[C@H](C)CC[C@@]12C. The standard InChI is InChI=1S/C16H24O3/c1-10-5-6-15(3)11(2)7-12(17)8-13(15)16(10,4)9-14(18)19/h7,10,13H,5-6,8-9H2,1-4H3,(H,18,19)/t10-,13-,15+,16-/m1/s1. The van der Waals surface area contributed by atoms with Crippen LogP contribution in [0.25, 0.3) is 0 Å². The predicted octanol–water partition coefficient (Wildman–Crippen LogP) is 3.44. The minimum absolute atomic E-state index is 0.00931. The van der Waals surface area contributed by atoms with E-state index < -0.39 is 5.97 Å². The minimum Gasteiger partial charge on any atom is -0.481 e. The van der Waals surface area contributed by atoms with Crippen molar-refractivity contribution in [2.24, 2.45) is 22.7 Å². The molecule has 0 aromatic rings. The van der Waals surface area contributed by atoms with Crippen LogP contribution in [0.2, 0.25) is 0 Å². The molecule has 0 radical (unpaired) electrons.